The minimum Gasteiger partial charge on any atom is -0.477 e. The molecule has 0 spiro atoms. The molecule has 2 aromatic rings. The van der Waals surface area contributed by atoms with Crippen molar-refractivity contribution >= 4 is 27.5 Å². The molecule has 3 N–H and O–H groups in total. The second-order valence-corrected chi connectivity index (χ2v) is 4.31. The average Bonchev–Trinajstić information content (AvgIpc) is 2.82. The molecule has 90 valence electrons. The van der Waals surface area contributed by atoms with Gasteiger partial charge in [-0.2, -0.15) is 4.98 Å². The van der Waals surface area contributed by atoms with Crippen LogP contribution in [0.3, 0.4) is 0 Å². The Hall–Kier alpha value is -1.66. The van der Waals surface area contributed by atoms with Gasteiger partial charge in [0.25, 0.3) is 0 Å². The summed E-state index contributed by atoms with van der Waals surface area (Å²) in [6.07, 6.45) is 3.72. The predicted octanol–water partition coefficient (Wildman–Crippen LogP) is 2.32. The van der Waals surface area contributed by atoms with Gasteiger partial charge < -0.3 is 4.74 Å². The maximum absolute atomic E-state index is 5.63. The number of unbranched alkanes of at least 4 members (excludes halogenated alkanes) is 1. The number of hydrogen-bond acceptors (Lipinski definition) is 6. The maximum Gasteiger partial charge on any atom is 0.241 e. The van der Waals surface area contributed by atoms with E-state index in [2.05, 4.69) is 22.0 Å². The van der Waals surface area contributed by atoms with Crippen LogP contribution in [0.25, 0.3) is 10.2 Å². The van der Waals surface area contributed by atoms with Gasteiger partial charge in [-0.3, -0.25) is 5.43 Å². The molecule has 0 fully saturated rings. The molecule has 0 aliphatic carbocycles. The van der Waals surface area contributed by atoms with Crippen molar-refractivity contribution in [1.29, 1.82) is 0 Å². The normalized spacial score (nSPS) is 10.4. The summed E-state index contributed by atoms with van der Waals surface area (Å²) in [5.74, 6) is 6.27. The molecule has 0 atom stereocenters. The van der Waals surface area contributed by atoms with Crippen LogP contribution in [0.2, 0.25) is 0 Å². The summed E-state index contributed by atoms with van der Waals surface area (Å²) in [4.78, 5) is 9.30. The van der Waals surface area contributed by atoms with E-state index in [0.29, 0.717) is 18.4 Å². The Bertz CT molecular complexity index is 511. The van der Waals surface area contributed by atoms with Crippen LogP contribution < -0.4 is 16.0 Å². The quantitative estimate of drug-likeness (QED) is 0.356. The van der Waals surface area contributed by atoms with Crippen molar-refractivity contribution in [3.8, 4) is 5.88 Å². The number of thiophene rings is 1. The lowest BCUT2D eigenvalue weighted by molar-refractivity contribution is 0.304. The molecule has 0 saturated carbocycles. The van der Waals surface area contributed by atoms with Crippen molar-refractivity contribution in [2.24, 2.45) is 5.84 Å². The smallest absolute Gasteiger partial charge is 0.241 e. The number of aromatic nitrogens is 2. The van der Waals surface area contributed by atoms with E-state index in [1.165, 1.54) is 11.3 Å². The Labute approximate surface area is 103 Å². The Morgan fingerprint density at radius 1 is 1.53 bits per heavy atom. The molecule has 0 radical (unpaired) electrons. The Morgan fingerprint density at radius 2 is 2.41 bits per heavy atom. The number of hydrogen-bond donors (Lipinski definition) is 2. The largest absolute Gasteiger partial charge is 0.477 e. The monoisotopic (exact) mass is 250 g/mol. The molecule has 0 unspecified atom stereocenters. The number of nitrogen functional groups attached to an aromatic ring is 1. The Kier molecular flexibility index (Phi) is 3.89. The van der Waals surface area contributed by atoms with Gasteiger partial charge in [-0.05, 0) is 24.3 Å². The average molecular weight is 250 g/mol. The molecule has 0 aromatic carbocycles. The molecular formula is C11H14N4OS. The van der Waals surface area contributed by atoms with Gasteiger partial charge in [0.15, 0.2) is 0 Å². The third-order valence-electron chi connectivity index (χ3n) is 2.21. The molecule has 17 heavy (non-hydrogen) atoms. The van der Waals surface area contributed by atoms with Gasteiger partial charge in [0.05, 0.1) is 12.0 Å². The molecular weight excluding hydrogens is 236 g/mol. The predicted molar refractivity (Wildman–Crippen MR) is 70.2 cm³/mol. The second kappa shape index (κ2) is 5.60. The SMILES string of the molecule is C=CCCCOc1nc(NN)nc2sccc12. The van der Waals surface area contributed by atoms with Gasteiger partial charge in [-0.1, -0.05) is 6.08 Å². The molecule has 0 aliphatic rings. The Balaban J connectivity index is 2.18. The lowest BCUT2D eigenvalue weighted by Crippen LogP contribution is -2.11. The van der Waals surface area contributed by atoms with E-state index in [-0.39, 0.29) is 0 Å². The van der Waals surface area contributed by atoms with E-state index in [4.69, 9.17) is 10.6 Å². The highest BCUT2D eigenvalue weighted by atomic mass is 32.1. The van der Waals surface area contributed by atoms with Crippen molar-refractivity contribution in [3.63, 3.8) is 0 Å². The van der Waals surface area contributed by atoms with Gasteiger partial charge in [-0.15, -0.1) is 17.9 Å². The van der Waals surface area contributed by atoms with Crippen LogP contribution in [0.15, 0.2) is 24.1 Å². The first-order valence-electron chi connectivity index (χ1n) is 5.30. The molecule has 0 amide bonds. The van der Waals surface area contributed by atoms with Crippen LogP contribution in [0.1, 0.15) is 12.8 Å². The standard InChI is InChI=1S/C11H14N4OS/c1-2-3-4-6-16-9-8-5-7-17-10(8)14-11(13-9)15-12/h2,5,7H,1,3-4,6,12H2,(H,13,14,15). The summed E-state index contributed by atoms with van der Waals surface area (Å²) in [7, 11) is 0. The topological polar surface area (TPSA) is 73.1 Å². The number of rotatable bonds is 6. The summed E-state index contributed by atoms with van der Waals surface area (Å²) in [6.45, 7) is 4.28. The zero-order valence-corrected chi connectivity index (χ0v) is 10.2. The molecule has 6 heteroatoms. The van der Waals surface area contributed by atoms with E-state index in [0.717, 1.165) is 23.1 Å². The molecule has 5 nitrogen and oxygen atoms in total. The van der Waals surface area contributed by atoms with Crippen molar-refractivity contribution < 1.29 is 4.74 Å². The number of nitrogens with zero attached hydrogens (tertiary/aromatic N) is 2. The number of nitrogens with one attached hydrogen (secondary N) is 1. The number of fused-ring (bicyclic) bond motifs is 1. The van der Waals surface area contributed by atoms with Crippen LogP contribution in [0.4, 0.5) is 5.95 Å². The molecule has 2 aromatic heterocycles. The van der Waals surface area contributed by atoms with Crippen LogP contribution in [0, 0.1) is 0 Å². The highest BCUT2D eigenvalue weighted by Gasteiger charge is 2.09. The molecule has 0 aliphatic heterocycles. The lowest BCUT2D eigenvalue weighted by Gasteiger charge is -2.07. The fraction of sp³-hybridized carbons (Fsp3) is 0.273. The van der Waals surface area contributed by atoms with Gasteiger partial charge >= 0.3 is 0 Å². The lowest BCUT2D eigenvalue weighted by atomic mass is 10.3. The zero-order valence-electron chi connectivity index (χ0n) is 9.35. The highest BCUT2D eigenvalue weighted by molar-refractivity contribution is 7.16. The number of hydrazine groups is 1. The van der Waals surface area contributed by atoms with E-state index < -0.39 is 0 Å². The van der Waals surface area contributed by atoms with Gasteiger partial charge in [0.1, 0.15) is 4.83 Å². The number of allylic oxidation sites excluding steroid dienone is 1. The highest BCUT2D eigenvalue weighted by Crippen LogP contribution is 2.27. The fourth-order valence-electron chi connectivity index (χ4n) is 1.40. The first-order valence-corrected chi connectivity index (χ1v) is 6.18. The van der Waals surface area contributed by atoms with E-state index in [1.54, 1.807) is 0 Å². The molecule has 0 saturated heterocycles. The fourth-order valence-corrected chi connectivity index (χ4v) is 2.15. The van der Waals surface area contributed by atoms with Gasteiger partial charge in [0, 0.05) is 0 Å². The van der Waals surface area contributed by atoms with Crippen molar-refractivity contribution in [3.05, 3.63) is 24.1 Å². The molecule has 2 heterocycles. The van der Waals surface area contributed by atoms with Crippen molar-refractivity contribution in [2.45, 2.75) is 12.8 Å². The molecule has 0 bridgehead atoms. The summed E-state index contributed by atoms with van der Waals surface area (Å²) >= 11 is 1.53. The van der Waals surface area contributed by atoms with Gasteiger partial charge in [0.2, 0.25) is 11.8 Å². The summed E-state index contributed by atoms with van der Waals surface area (Å²) < 4.78 is 5.63. The van der Waals surface area contributed by atoms with Crippen LogP contribution >= 0.6 is 11.3 Å². The van der Waals surface area contributed by atoms with Crippen molar-refractivity contribution in [1.82, 2.24) is 9.97 Å². The first-order chi connectivity index (χ1) is 8.35. The van der Waals surface area contributed by atoms with Crippen LogP contribution in [-0.4, -0.2) is 16.6 Å². The van der Waals surface area contributed by atoms with E-state index >= 15 is 0 Å². The third kappa shape index (κ3) is 2.72. The molecule has 2 rings (SSSR count). The number of ether oxygens (including phenoxy) is 1. The first kappa shape index (κ1) is 11.8. The zero-order chi connectivity index (χ0) is 12.1. The summed E-state index contributed by atoms with van der Waals surface area (Å²) in [6, 6.07) is 1.95. The maximum atomic E-state index is 5.63. The second-order valence-electron chi connectivity index (χ2n) is 3.42. The summed E-state index contributed by atoms with van der Waals surface area (Å²) in [5, 5.41) is 2.88. The minimum atomic E-state index is 0.374. The van der Waals surface area contributed by atoms with Gasteiger partial charge in [-0.25, -0.2) is 10.8 Å². The van der Waals surface area contributed by atoms with E-state index in [1.807, 2.05) is 17.5 Å². The minimum absolute atomic E-state index is 0.374. The Morgan fingerprint density at radius 3 is 3.18 bits per heavy atom. The number of anilines is 1. The van der Waals surface area contributed by atoms with E-state index in [9.17, 15) is 0 Å². The number of nitrogens with two attached hydrogens (primary N) is 1. The van der Waals surface area contributed by atoms with Crippen LogP contribution in [0.5, 0.6) is 5.88 Å². The third-order valence-corrected chi connectivity index (χ3v) is 3.02. The van der Waals surface area contributed by atoms with Crippen LogP contribution in [-0.2, 0) is 0 Å². The van der Waals surface area contributed by atoms with Crippen molar-refractivity contribution in [2.75, 3.05) is 12.0 Å². The summed E-state index contributed by atoms with van der Waals surface area (Å²) in [5.41, 5.74) is 2.44.